The van der Waals surface area contributed by atoms with E-state index in [0.717, 1.165) is 76.2 Å². The van der Waals surface area contributed by atoms with E-state index in [1.165, 1.54) is 0 Å². The van der Waals surface area contributed by atoms with Crippen LogP contribution in [0.1, 0.15) is 25.0 Å². The molecule has 2 aliphatic heterocycles. The van der Waals surface area contributed by atoms with E-state index < -0.39 is 5.60 Å². The minimum Gasteiger partial charge on any atom is -0.495 e. The molecule has 4 aromatic rings. The second kappa shape index (κ2) is 8.86. The minimum atomic E-state index is -0.930. The average molecular weight is 517 g/mol. The van der Waals surface area contributed by atoms with Crippen molar-refractivity contribution in [1.29, 1.82) is 0 Å². The van der Waals surface area contributed by atoms with Gasteiger partial charge in [0.25, 0.3) is 0 Å². The lowest BCUT2D eigenvalue weighted by molar-refractivity contribution is 0.0786. The van der Waals surface area contributed by atoms with E-state index >= 15 is 0 Å². The van der Waals surface area contributed by atoms with Crippen molar-refractivity contribution < 1.29 is 9.84 Å². The van der Waals surface area contributed by atoms with Crippen LogP contribution in [0.3, 0.4) is 0 Å². The van der Waals surface area contributed by atoms with Crippen molar-refractivity contribution in [3.05, 3.63) is 59.0 Å². The van der Waals surface area contributed by atoms with E-state index in [1.54, 1.807) is 32.3 Å². The molecule has 2 aliphatic rings. The van der Waals surface area contributed by atoms with Gasteiger partial charge in [-0.15, -0.1) is 11.3 Å². The smallest absolute Gasteiger partial charge is 0.230 e. The molecule has 4 heterocycles. The van der Waals surface area contributed by atoms with Gasteiger partial charge in [-0.3, -0.25) is 0 Å². The summed E-state index contributed by atoms with van der Waals surface area (Å²) >= 11 is 1.60. The van der Waals surface area contributed by atoms with Crippen LogP contribution >= 0.6 is 11.3 Å². The molecule has 192 valence electrons. The maximum Gasteiger partial charge on any atom is 0.230 e. The van der Waals surface area contributed by atoms with Gasteiger partial charge in [-0.25, -0.2) is 4.98 Å². The number of thiophene rings is 1. The Labute approximate surface area is 220 Å². The van der Waals surface area contributed by atoms with E-state index in [0.29, 0.717) is 11.4 Å². The molecule has 9 heteroatoms. The minimum absolute atomic E-state index is 0.444. The molecule has 37 heavy (non-hydrogen) atoms. The maximum absolute atomic E-state index is 10.4. The van der Waals surface area contributed by atoms with Crippen molar-refractivity contribution >= 4 is 50.4 Å². The molecule has 0 aliphatic carbocycles. The first kappa shape index (κ1) is 24.0. The number of anilines is 5. The molecule has 0 amide bonds. The van der Waals surface area contributed by atoms with Crippen molar-refractivity contribution in [3.63, 3.8) is 0 Å². The number of nitrogens with one attached hydrogen (secondary N) is 3. The first-order chi connectivity index (χ1) is 17.7. The highest BCUT2D eigenvalue weighted by Crippen LogP contribution is 2.42. The van der Waals surface area contributed by atoms with Crippen LogP contribution in [0.4, 0.5) is 28.8 Å². The molecule has 0 atom stereocenters. The third-order valence-electron chi connectivity index (χ3n) is 7.28. The first-order valence-corrected chi connectivity index (χ1v) is 13.4. The molecule has 0 saturated carbocycles. The quantitative estimate of drug-likeness (QED) is 0.269. The fourth-order valence-corrected chi connectivity index (χ4v) is 6.05. The van der Waals surface area contributed by atoms with Gasteiger partial charge >= 0.3 is 0 Å². The molecular weight excluding hydrogens is 484 g/mol. The van der Waals surface area contributed by atoms with E-state index in [1.807, 2.05) is 30.3 Å². The summed E-state index contributed by atoms with van der Waals surface area (Å²) in [5.74, 6) is 2.07. The van der Waals surface area contributed by atoms with Gasteiger partial charge in [0.15, 0.2) is 0 Å². The van der Waals surface area contributed by atoms with Crippen LogP contribution in [0, 0.1) is 12.3 Å². The normalized spacial score (nSPS) is 16.4. The topological polar surface area (TPSA) is 94.6 Å². The number of hydrogen-bond donors (Lipinski definition) is 4. The van der Waals surface area contributed by atoms with Gasteiger partial charge in [0.1, 0.15) is 16.4 Å². The third kappa shape index (κ3) is 4.47. The lowest BCUT2D eigenvalue weighted by Gasteiger charge is -2.57. The molecule has 4 N–H and O–H groups in total. The zero-order chi connectivity index (χ0) is 25.8. The lowest BCUT2D eigenvalue weighted by Crippen LogP contribution is -2.71. The number of ether oxygens (including phenoxy) is 1. The van der Waals surface area contributed by atoms with E-state index in [9.17, 15) is 5.11 Å². The Morgan fingerprint density at radius 2 is 1.86 bits per heavy atom. The molecule has 2 fully saturated rings. The highest BCUT2D eigenvalue weighted by Gasteiger charge is 2.48. The molecular formula is C28H32N6O2S. The molecule has 0 unspecified atom stereocenters. The fourth-order valence-electron chi connectivity index (χ4n) is 5.13. The van der Waals surface area contributed by atoms with Gasteiger partial charge in [-0.1, -0.05) is 12.1 Å². The van der Waals surface area contributed by atoms with Crippen LogP contribution < -0.4 is 25.6 Å². The van der Waals surface area contributed by atoms with Crippen LogP contribution in [0.5, 0.6) is 5.75 Å². The lowest BCUT2D eigenvalue weighted by atomic mass is 9.74. The maximum atomic E-state index is 10.4. The van der Waals surface area contributed by atoms with Gasteiger partial charge < -0.3 is 30.7 Å². The van der Waals surface area contributed by atoms with E-state index in [2.05, 4.69) is 45.3 Å². The summed E-state index contributed by atoms with van der Waals surface area (Å²) in [6.07, 6.45) is 0. The summed E-state index contributed by atoms with van der Waals surface area (Å²) in [6, 6.07) is 13.9. The average Bonchev–Trinajstić information content (AvgIpc) is 3.18. The summed E-state index contributed by atoms with van der Waals surface area (Å²) in [6.45, 7) is 9.96. The second-order valence-electron chi connectivity index (χ2n) is 10.7. The molecule has 2 aromatic carbocycles. The van der Waals surface area contributed by atoms with Gasteiger partial charge in [0, 0.05) is 49.0 Å². The van der Waals surface area contributed by atoms with Crippen LogP contribution in [0.15, 0.2) is 47.8 Å². The van der Waals surface area contributed by atoms with Gasteiger partial charge in [0.05, 0.1) is 23.8 Å². The fraction of sp³-hybridized carbons (Fsp3) is 0.357. The summed E-state index contributed by atoms with van der Waals surface area (Å²) in [5.41, 5.74) is 4.30. The van der Waals surface area contributed by atoms with Gasteiger partial charge in [-0.2, -0.15) is 4.98 Å². The van der Waals surface area contributed by atoms with E-state index in [-0.39, 0.29) is 0 Å². The number of rotatable bonds is 7. The number of benzene rings is 2. The molecule has 1 spiro atoms. The van der Waals surface area contributed by atoms with Gasteiger partial charge in [-0.05, 0) is 61.5 Å². The standard InChI is InChI=1S/C28H32N6O2S/c1-17-12-37-25-23(17)24(30-19-7-5-6-18(10-19)27(2,3)35)32-26(33-25)31-20-8-9-21(22(11-20)36-4)34-15-28(16-34)13-29-14-28/h5-12,29,35H,13-16H2,1-4H3,(H2,30,31,32,33). The molecule has 8 nitrogen and oxygen atoms in total. The van der Waals surface area contributed by atoms with Crippen LogP contribution in [0.2, 0.25) is 0 Å². The summed E-state index contributed by atoms with van der Waals surface area (Å²) in [7, 11) is 1.71. The van der Waals surface area contributed by atoms with Crippen LogP contribution in [0.25, 0.3) is 10.2 Å². The number of aryl methyl sites for hydroxylation is 1. The second-order valence-corrected chi connectivity index (χ2v) is 11.6. The monoisotopic (exact) mass is 516 g/mol. The summed E-state index contributed by atoms with van der Waals surface area (Å²) < 4.78 is 5.75. The summed E-state index contributed by atoms with van der Waals surface area (Å²) in [4.78, 5) is 12.9. The predicted molar refractivity (Wildman–Crippen MR) is 151 cm³/mol. The SMILES string of the molecule is COc1cc(Nc2nc(Nc3cccc(C(C)(C)O)c3)c3c(C)csc3n2)ccc1N1CC2(CNC2)C1. The zero-order valence-corrected chi connectivity index (χ0v) is 22.4. The number of hydrogen-bond acceptors (Lipinski definition) is 9. The van der Waals surface area contributed by atoms with Crippen molar-refractivity contribution in [2.75, 3.05) is 48.8 Å². The Bertz CT molecular complexity index is 1470. The Balaban J connectivity index is 1.28. The zero-order valence-electron chi connectivity index (χ0n) is 21.6. The number of fused-ring (bicyclic) bond motifs is 1. The number of aliphatic hydroxyl groups is 1. The third-order valence-corrected chi connectivity index (χ3v) is 8.27. The predicted octanol–water partition coefficient (Wildman–Crippen LogP) is 5.13. The largest absolute Gasteiger partial charge is 0.495 e. The first-order valence-electron chi connectivity index (χ1n) is 12.5. The molecule has 2 aromatic heterocycles. The van der Waals surface area contributed by atoms with Gasteiger partial charge in [0.2, 0.25) is 5.95 Å². The highest BCUT2D eigenvalue weighted by atomic mass is 32.1. The Kier molecular flexibility index (Phi) is 5.74. The number of nitrogens with zero attached hydrogens (tertiary/aromatic N) is 3. The Morgan fingerprint density at radius 3 is 2.57 bits per heavy atom. The van der Waals surface area contributed by atoms with Crippen molar-refractivity contribution in [1.82, 2.24) is 15.3 Å². The molecule has 6 rings (SSSR count). The van der Waals surface area contributed by atoms with Crippen LogP contribution in [-0.2, 0) is 5.60 Å². The van der Waals surface area contributed by atoms with Crippen molar-refractivity contribution in [2.45, 2.75) is 26.4 Å². The number of methoxy groups -OCH3 is 1. The van der Waals surface area contributed by atoms with E-state index in [4.69, 9.17) is 14.7 Å². The van der Waals surface area contributed by atoms with Crippen LogP contribution in [-0.4, -0.2) is 48.4 Å². The Morgan fingerprint density at radius 1 is 1.08 bits per heavy atom. The molecule has 0 bridgehead atoms. The van der Waals surface area contributed by atoms with Crippen molar-refractivity contribution in [3.8, 4) is 5.75 Å². The number of aromatic nitrogens is 2. The molecule has 2 saturated heterocycles. The molecule has 0 radical (unpaired) electrons. The Hall–Kier alpha value is -3.40. The highest BCUT2D eigenvalue weighted by molar-refractivity contribution is 7.17. The summed E-state index contributed by atoms with van der Waals surface area (Å²) in [5, 5.41) is 23.8. The van der Waals surface area contributed by atoms with Crippen molar-refractivity contribution in [2.24, 2.45) is 5.41 Å².